The molecule has 0 aliphatic rings. The second-order valence-electron chi connectivity index (χ2n) is 2.60. The van der Waals surface area contributed by atoms with E-state index in [1.807, 2.05) is 18.2 Å². The minimum absolute atomic E-state index is 0.842. The number of rotatable bonds is 1. The van der Waals surface area contributed by atoms with E-state index >= 15 is 0 Å². The molecule has 0 bridgehead atoms. The molecule has 0 atom stereocenters. The van der Waals surface area contributed by atoms with E-state index in [0.717, 1.165) is 27.6 Å². The van der Waals surface area contributed by atoms with Crippen LogP contribution >= 0.6 is 15.9 Å². The topological polar surface area (TPSA) is 26.0 Å². The van der Waals surface area contributed by atoms with Crippen LogP contribution in [0.1, 0.15) is 12.6 Å². The highest BCUT2D eigenvalue weighted by Crippen LogP contribution is 2.26. The van der Waals surface area contributed by atoms with Crippen LogP contribution in [0.3, 0.4) is 0 Å². The molecule has 62 valence electrons. The van der Waals surface area contributed by atoms with Crippen LogP contribution < -0.4 is 0 Å². The molecule has 0 fully saturated rings. The number of para-hydroxylation sites is 1. The predicted molar refractivity (Wildman–Crippen MR) is 51.1 cm³/mol. The van der Waals surface area contributed by atoms with E-state index in [4.69, 9.17) is 4.52 Å². The summed E-state index contributed by atoms with van der Waals surface area (Å²) >= 11 is 3.41. The van der Waals surface area contributed by atoms with Gasteiger partial charge in [0, 0.05) is 5.39 Å². The van der Waals surface area contributed by atoms with Gasteiger partial charge >= 0.3 is 0 Å². The Bertz CT molecular complexity index is 408. The Hall–Kier alpha value is -0.830. The molecule has 0 radical (unpaired) electrons. The molecule has 0 N–H and O–H groups in total. The quantitative estimate of drug-likeness (QED) is 0.746. The van der Waals surface area contributed by atoms with Gasteiger partial charge in [0.1, 0.15) is 0 Å². The van der Waals surface area contributed by atoms with E-state index in [9.17, 15) is 0 Å². The Morgan fingerprint density at radius 2 is 2.33 bits per heavy atom. The molecule has 1 heterocycles. The van der Waals surface area contributed by atoms with Crippen LogP contribution in [0.15, 0.2) is 27.2 Å². The lowest BCUT2D eigenvalue weighted by Gasteiger charge is -1.90. The number of hydrogen-bond donors (Lipinski definition) is 0. The van der Waals surface area contributed by atoms with Gasteiger partial charge in [-0.1, -0.05) is 18.1 Å². The van der Waals surface area contributed by atoms with Crippen LogP contribution in [0.25, 0.3) is 11.0 Å². The predicted octanol–water partition coefficient (Wildman–Crippen LogP) is 3.15. The maximum atomic E-state index is 5.17. The molecule has 0 spiro atoms. The van der Waals surface area contributed by atoms with Crippen molar-refractivity contribution in [3.05, 3.63) is 28.4 Å². The second kappa shape index (κ2) is 2.90. The van der Waals surface area contributed by atoms with Crippen LogP contribution in [-0.2, 0) is 6.42 Å². The van der Waals surface area contributed by atoms with Gasteiger partial charge < -0.3 is 4.52 Å². The lowest BCUT2D eigenvalue weighted by molar-refractivity contribution is 0.446. The highest BCUT2D eigenvalue weighted by molar-refractivity contribution is 9.10. The minimum Gasteiger partial charge on any atom is -0.355 e. The summed E-state index contributed by atoms with van der Waals surface area (Å²) in [5.74, 6) is 0. The number of nitrogens with zero attached hydrogens (tertiary/aromatic N) is 1. The van der Waals surface area contributed by atoms with Crippen molar-refractivity contribution < 1.29 is 4.52 Å². The van der Waals surface area contributed by atoms with E-state index in [-0.39, 0.29) is 0 Å². The zero-order valence-electron chi connectivity index (χ0n) is 6.67. The lowest BCUT2D eigenvalue weighted by atomic mass is 10.2. The zero-order chi connectivity index (χ0) is 8.55. The van der Waals surface area contributed by atoms with Crippen molar-refractivity contribution in [2.24, 2.45) is 0 Å². The van der Waals surface area contributed by atoms with Crippen molar-refractivity contribution >= 4 is 26.9 Å². The van der Waals surface area contributed by atoms with Gasteiger partial charge in [0.2, 0.25) is 0 Å². The molecule has 0 saturated heterocycles. The smallest absolute Gasteiger partial charge is 0.181 e. The molecule has 2 nitrogen and oxygen atoms in total. The van der Waals surface area contributed by atoms with E-state index in [1.54, 1.807) is 0 Å². The van der Waals surface area contributed by atoms with Crippen LogP contribution in [-0.4, -0.2) is 5.16 Å². The number of fused-ring (bicyclic) bond motifs is 1. The van der Waals surface area contributed by atoms with E-state index < -0.39 is 0 Å². The maximum Gasteiger partial charge on any atom is 0.181 e. The van der Waals surface area contributed by atoms with Crippen LogP contribution in [0.5, 0.6) is 0 Å². The van der Waals surface area contributed by atoms with Gasteiger partial charge in [-0.05, 0) is 34.5 Å². The molecule has 1 aromatic heterocycles. The average Bonchev–Trinajstić information content (AvgIpc) is 2.49. The first-order chi connectivity index (χ1) is 5.83. The molecule has 3 heteroatoms. The third-order valence-electron chi connectivity index (χ3n) is 1.86. The van der Waals surface area contributed by atoms with Crippen molar-refractivity contribution in [1.82, 2.24) is 5.16 Å². The van der Waals surface area contributed by atoms with E-state index in [0.29, 0.717) is 0 Å². The first-order valence-corrected chi connectivity index (χ1v) is 4.65. The maximum absolute atomic E-state index is 5.17. The Morgan fingerprint density at radius 1 is 1.50 bits per heavy atom. The Balaban J connectivity index is 2.80. The van der Waals surface area contributed by atoms with Gasteiger partial charge in [-0.3, -0.25) is 0 Å². The summed E-state index contributed by atoms with van der Waals surface area (Å²) in [6, 6.07) is 5.96. The molecule has 0 aliphatic carbocycles. The molecule has 2 rings (SSSR count). The molecule has 0 aliphatic heterocycles. The second-order valence-corrected chi connectivity index (χ2v) is 3.45. The fraction of sp³-hybridized carbons (Fsp3) is 0.222. The van der Waals surface area contributed by atoms with Crippen molar-refractivity contribution in [3.63, 3.8) is 0 Å². The molecule has 0 saturated carbocycles. The average molecular weight is 226 g/mol. The number of aromatic nitrogens is 1. The number of benzene rings is 1. The van der Waals surface area contributed by atoms with Gasteiger partial charge in [-0.25, -0.2) is 0 Å². The largest absolute Gasteiger partial charge is 0.355 e. The fourth-order valence-electron chi connectivity index (χ4n) is 1.23. The van der Waals surface area contributed by atoms with Gasteiger partial charge in [0.15, 0.2) is 5.58 Å². The minimum atomic E-state index is 0.842. The first kappa shape index (κ1) is 7.80. The van der Waals surface area contributed by atoms with Crippen LogP contribution in [0.2, 0.25) is 0 Å². The van der Waals surface area contributed by atoms with Gasteiger partial charge in [0.25, 0.3) is 0 Å². The van der Waals surface area contributed by atoms with E-state index in [1.165, 1.54) is 0 Å². The SMILES string of the molecule is CCc1noc2c(Br)cccc12. The lowest BCUT2D eigenvalue weighted by Crippen LogP contribution is -1.77. The third kappa shape index (κ3) is 1.05. The number of aryl methyl sites for hydroxylation is 1. The van der Waals surface area contributed by atoms with Gasteiger partial charge in [-0.15, -0.1) is 0 Å². The molecule has 1 aromatic carbocycles. The van der Waals surface area contributed by atoms with Crippen molar-refractivity contribution in [2.75, 3.05) is 0 Å². The van der Waals surface area contributed by atoms with E-state index in [2.05, 4.69) is 28.0 Å². The molecule has 12 heavy (non-hydrogen) atoms. The summed E-state index contributed by atoms with van der Waals surface area (Å²) < 4.78 is 6.14. The summed E-state index contributed by atoms with van der Waals surface area (Å²) in [7, 11) is 0. The van der Waals surface area contributed by atoms with Crippen molar-refractivity contribution in [2.45, 2.75) is 13.3 Å². The number of halogens is 1. The highest BCUT2D eigenvalue weighted by atomic mass is 79.9. The summed E-state index contributed by atoms with van der Waals surface area (Å²) in [4.78, 5) is 0. The van der Waals surface area contributed by atoms with Crippen molar-refractivity contribution in [1.29, 1.82) is 0 Å². The third-order valence-corrected chi connectivity index (χ3v) is 2.48. The number of hydrogen-bond acceptors (Lipinski definition) is 2. The highest BCUT2D eigenvalue weighted by Gasteiger charge is 2.07. The summed E-state index contributed by atoms with van der Waals surface area (Å²) in [6.07, 6.45) is 0.906. The van der Waals surface area contributed by atoms with Crippen molar-refractivity contribution in [3.8, 4) is 0 Å². The Kier molecular flexibility index (Phi) is 1.89. The van der Waals surface area contributed by atoms with Gasteiger partial charge in [-0.2, -0.15) is 0 Å². The molecular formula is C9H8BrNO. The first-order valence-electron chi connectivity index (χ1n) is 3.85. The standard InChI is InChI=1S/C9H8BrNO/c1-2-8-6-4-3-5-7(10)9(6)12-11-8/h3-5H,2H2,1H3. The molecule has 0 amide bonds. The Labute approximate surface area is 78.7 Å². The normalized spacial score (nSPS) is 10.8. The van der Waals surface area contributed by atoms with Crippen LogP contribution in [0.4, 0.5) is 0 Å². The van der Waals surface area contributed by atoms with Crippen LogP contribution in [0, 0.1) is 0 Å². The molecule has 0 unspecified atom stereocenters. The fourth-order valence-corrected chi connectivity index (χ4v) is 1.67. The molecular weight excluding hydrogens is 218 g/mol. The molecule has 2 aromatic rings. The zero-order valence-corrected chi connectivity index (χ0v) is 8.26. The summed E-state index contributed by atoms with van der Waals surface area (Å²) in [5, 5.41) is 5.07. The Morgan fingerprint density at radius 3 is 3.08 bits per heavy atom. The van der Waals surface area contributed by atoms with Gasteiger partial charge in [0.05, 0.1) is 10.2 Å². The summed E-state index contributed by atoms with van der Waals surface area (Å²) in [5.41, 5.74) is 1.86. The monoisotopic (exact) mass is 225 g/mol. The summed E-state index contributed by atoms with van der Waals surface area (Å²) in [6.45, 7) is 2.07.